The first-order valence-electron chi connectivity index (χ1n) is 6.60. The molecule has 0 aliphatic carbocycles. The first-order chi connectivity index (χ1) is 10.7. The molecule has 5 heteroatoms. The van der Waals surface area contributed by atoms with Crippen molar-refractivity contribution >= 4 is 36.1 Å². The summed E-state index contributed by atoms with van der Waals surface area (Å²) in [5, 5.41) is 2.66. The number of hydrogen-bond acceptors (Lipinski definition) is 3. The van der Waals surface area contributed by atoms with Crippen molar-refractivity contribution in [3.05, 3.63) is 48.0 Å². The molecule has 1 aromatic heterocycles. The normalized spacial score (nSPS) is 9.32. The predicted octanol–water partition coefficient (Wildman–Crippen LogP) is 2.69. The van der Waals surface area contributed by atoms with Crippen molar-refractivity contribution in [3.63, 3.8) is 0 Å². The van der Waals surface area contributed by atoms with Crippen LogP contribution in [0.15, 0.2) is 42.5 Å². The molecule has 0 saturated carbocycles. The third-order valence-corrected chi connectivity index (χ3v) is 4.01. The van der Waals surface area contributed by atoms with Crippen LogP contribution >= 0.6 is 0 Å². The van der Waals surface area contributed by atoms with Gasteiger partial charge in [-0.2, -0.15) is 0 Å². The SMILES string of the molecule is CCc1ccc2[nH]c3ccccc3c2c1.O=[C]=[Cr](=[C]=O)=[C]=O. The molecular formula is C17H13CrNO3. The van der Waals surface area contributed by atoms with E-state index >= 15 is 0 Å². The van der Waals surface area contributed by atoms with E-state index in [1.165, 1.54) is 41.6 Å². The zero-order valence-electron chi connectivity index (χ0n) is 11.9. The molecule has 0 amide bonds. The molecule has 0 aliphatic heterocycles. The molecule has 1 heterocycles. The molecule has 2 aromatic carbocycles. The van der Waals surface area contributed by atoms with Gasteiger partial charge in [0.15, 0.2) is 0 Å². The van der Waals surface area contributed by atoms with Gasteiger partial charge in [-0.15, -0.1) is 0 Å². The van der Waals surface area contributed by atoms with Crippen LogP contribution in [0.1, 0.15) is 12.5 Å². The Morgan fingerprint density at radius 1 is 0.909 bits per heavy atom. The number of fused-ring (bicyclic) bond motifs is 3. The number of aromatic nitrogens is 1. The van der Waals surface area contributed by atoms with Crippen molar-refractivity contribution in [2.45, 2.75) is 13.3 Å². The number of benzene rings is 2. The zero-order chi connectivity index (χ0) is 15.9. The van der Waals surface area contributed by atoms with E-state index in [9.17, 15) is 14.4 Å². The van der Waals surface area contributed by atoms with E-state index in [-0.39, 0.29) is 0 Å². The summed E-state index contributed by atoms with van der Waals surface area (Å²) >= 11 is -2.47. The van der Waals surface area contributed by atoms with E-state index in [0.717, 1.165) is 6.42 Å². The molecule has 22 heavy (non-hydrogen) atoms. The number of carbonyl (C=O) groups excluding carboxylic acids is 3. The van der Waals surface area contributed by atoms with Gasteiger partial charge in [0.05, 0.1) is 0 Å². The van der Waals surface area contributed by atoms with Gasteiger partial charge in [0, 0.05) is 21.8 Å². The second kappa shape index (κ2) is 7.50. The number of hydrogen-bond donors (Lipinski definition) is 1. The van der Waals surface area contributed by atoms with Crippen LogP contribution in [0, 0.1) is 0 Å². The summed E-state index contributed by atoms with van der Waals surface area (Å²) in [6.45, 7) is 2.19. The standard InChI is InChI=1S/C14H13N.3CO.Cr/c1-2-10-7-8-14-12(9-10)11-5-3-4-6-13(11)15-14;3*1-2;/h3-9,15H,2H2,1H3;;;;. The molecule has 0 spiro atoms. The van der Waals surface area contributed by atoms with Crippen LogP contribution in [0.2, 0.25) is 0 Å². The molecule has 110 valence electrons. The third-order valence-electron chi connectivity index (χ3n) is 3.23. The van der Waals surface area contributed by atoms with E-state index in [1.807, 2.05) is 0 Å². The molecule has 1 N–H and O–H groups in total. The second-order valence-corrected chi connectivity index (χ2v) is 6.20. The van der Waals surface area contributed by atoms with Crippen LogP contribution in [0.5, 0.6) is 0 Å². The summed E-state index contributed by atoms with van der Waals surface area (Å²) in [7, 11) is 0. The van der Waals surface area contributed by atoms with Gasteiger partial charge in [-0.25, -0.2) is 0 Å². The molecule has 0 atom stereocenters. The number of H-pyrrole nitrogens is 1. The molecular weight excluding hydrogens is 318 g/mol. The maximum atomic E-state index is 9.37. The summed E-state index contributed by atoms with van der Waals surface area (Å²) in [5.41, 5.74) is 3.85. The Hall–Kier alpha value is -2.49. The Balaban J connectivity index is 0.000000217. The summed E-state index contributed by atoms with van der Waals surface area (Å²) < 4.78 is 3.69. The van der Waals surface area contributed by atoms with Crippen molar-refractivity contribution in [3.8, 4) is 0 Å². The maximum absolute atomic E-state index is 9.37. The first kappa shape index (κ1) is 15.9. The summed E-state index contributed by atoms with van der Waals surface area (Å²) in [6.07, 6.45) is 1.09. The zero-order valence-corrected chi connectivity index (χ0v) is 13.2. The van der Waals surface area contributed by atoms with Crippen LogP contribution in [0.3, 0.4) is 0 Å². The van der Waals surface area contributed by atoms with Crippen molar-refractivity contribution in [1.29, 1.82) is 0 Å². The number of aryl methyl sites for hydroxylation is 1. The van der Waals surface area contributed by atoms with Crippen LogP contribution in [-0.2, 0) is 33.6 Å². The summed E-state index contributed by atoms with van der Waals surface area (Å²) in [6, 6.07) is 15.1. The Kier molecular flexibility index (Phi) is 5.42. The molecule has 0 fully saturated rings. The molecule has 0 aliphatic rings. The Morgan fingerprint density at radius 3 is 2.14 bits per heavy atom. The van der Waals surface area contributed by atoms with Gasteiger partial charge >= 0.3 is 41.5 Å². The van der Waals surface area contributed by atoms with Gasteiger partial charge in [-0.05, 0) is 30.2 Å². The van der Waals surface area contributed by atoms with Gasteiger partial charge < -0.3 is 4.98 Å². The molecule has 0 unspecified atom stereocenters. The quantitative estimate of drug-likeness (QED) is 0.745. The number of nitrogens with one attached hydrogen (secondary N) is 1. The van der Waals surface area contributed by atoms with Crippen LogP contribution in [0.4, 0.5) is 0 Å². The average Bonchev–Trinajstić information content (AvgIpc) is 2.95. The van der Waals surface area contributed by atoms with E-state index in [1.54, 1.807) is 0 Å². The monoisotopic (exact) mass is 331 g/mol. The van der Waals surface area contributed by atoms with Crippen LogP contribution in [-0.4, -0.2) is 19.2 Å². The fourth-order valence-electron chi connectivity index (χ4n) is 2.17. The number of para-hydroxylation sites is 1. The molecule has 4 nitrogen and oxygen atoms in total. The Labute approximate surface area is 130 Å². The predicted molar refractivity (Wildman–Crippen MR) is 82.3 cm³/mol. The van der Waals surface area contributed by atoms with Gasteiger partial charge in [0.2, 0.25) is 0 Å². The van der Waals surface area contributed by atoms with Crippen LogP contribution in [0.25, 0.3) is 21.8 Å². The number of aromatic amines is 1. The van der Waals surface area contributed by atoms with Crippen LogP contribution < -0.4 is 0 Å². The molecule has 0 saturated heterocycles. The Bertz CT molecular complexity index is 998. The molecule has 3 rings (SSSR count). The third kappa shape index (κ3) is 3.39. The number of rotatable bonds is 1. The van der Waals surface area contributed by atoms with Gasteiger partial charge in [0.1, 0.15) is 0 Å². The topological polar surface area (TPSA) is 67.0 Å². The summed E-state index contributed by atoms with van der Waals surface area (Å²) in [5.74, 6) is 0. The second-order valence-electron chi connectivity index (χ2n) is 4.46. The summed E-state index contributed by atoms with van der Waals surface area (Å²) in [4.78, 5) is 31.5. The fourth-order valence-corrected chi connectivity index (χ4v) is 2.33. The van der Waals surface area contributed by atoms with E-state index in [2.05, 4.69) is 54.4 Å². The molecule has 0 radical (unpaired) electrons. The van der Waals surface area contributed by atoms with E-state index in [4.69, 9.17) is 0 Å². The molecule has 0 bridgehead atoms. The van der Waals surface area contributed by atoms with Crippen molar-refractivity contribution in [2.75, 3.05) is 0 Å². The first-order valence-corrected chi connectivity index (χ1v) is 8.51. The van der Waals surface area contributed by atoms with Crippen molar-refractivity contribution < 1.29 is 27.2 Å². The fraction of sp³-hybridized carbons (Fsp3) is 0.118. The minimum atomic E-state index is -2.47. The average molecular weight is 331 g/mol. The molecule has 3 aromatic rings. The van der Waals surface area contributed by atoms with Crippen molar-refractivity contribution in [1.82, 2.24) is 4.98 Å². The van der Waals surface area contributed by atoms with Gasteiger partial charge in [0.25, 0.3) is 0 Å². The van der Waals surface area contributed by atoms with Gasteiger partial charge in [-0.1, -0.05) is 31.2 Å². The minimum absolute atomic E-state index is 1.09. The van der Waals surface area contributed by atoms with Gasteiger partial charge in [-0.3, -0.25) is 0 Å². The Morgan fingerprint density at radius 2 is 1.55 bits per heavy atom. The van der Waals surface area contributed by atoms with E-state index in [0.29, 0.717) is 0 Å². The van der Waals surface area contributed by atoms with E-state index < -0.39 is 12.8 Å². The van der Waals surface area contributed by atoms with Crippen molar-refractivity contribution in [2.24, 2.45) is 0 Å².